The summed E-state index contributed by atoms with van der Waals surface area (Å²) in [6, 6.07) is 0. The summed E-state index contributed by atoms with van der Waals surface area (Å²) in [4.78, 5) is 10.9. The average Bonchev–Trinajstić information content (AvgIpc) is 2.61. The number of carbonyl (C=O) groups is 1. The molecule has 168 valence electrons. The third-order valence-corrected chi connectivity index (χ3v) is 5.05. The summed E-state index contributed by atoms with van der Waals surface area (Å²) in [5.74, 6) is -0.748. The van der Waals surface area contributed by atoms with E-state index in [0.717, 1.165) is 19.3 Å². The van der Waals surface area contributed by atoms with Gasteiger partial charge in [0, 0.05) is 6.42 Å². The molecule has 0 aromatic rings. The molecule has 0 saturated carbocycles. The normalized spacial score (nSPS) is 14.0. The Hall–Kier alpha value is -0.610. The molecule has 0 spiro atoms. The molecule has 2 atom stereocenters. The Bertz CT molecular complexity index is 355. The number of carboxylic acid groups (broad SMARTS) is 1. The van der Waals surface area contributed by atoms with Gasteiger partial charge in [-0.3, -0.25) is 4.79 Å². The number of aliphatic carboxylic acids is 1. The van der Waals surface area contributed by atoms with Gasteiger partial charge in [-0.25, -0.2) is 0 Å². The molecular formula is C24H48O4. The summed E-state index contributed by atoms with van der Waals surface area (Å²) in [7, 11) is 0. The van der Waals surface area contributed by atoms with E-state index < -0.39 is 5.97 Å². The van der Waals surface area contributed by atoms with Crippen LogP contribution in [-0.2, 0) is 14.3 Å². The fourth-order valence-corrected chi connectivity index (χ4v) is 3.67. The maximum atomic E-state index is 10.9. The monoisotopic (exact) mass is 400 g/mol. The lowest BCUT2D eigenvalue weighted by Gasteiger charge is -2.25. The summed E-state index contributed by atoms with van der Waals surface area (Å²) in [5, 5.41) is 8.96. The summed E-state index contributed by atoms with van der Waals surface area (Å²) < 4.78 is 12.1. The van der Waals surface area contributed by atoms with Crippen LogP contribution in [0.4, 0.5) is 0 Å². The van der Waals surface area contributed by atoms with Crippen LogP contribution in [0.25, 0.3) is 0 Å². The molecule has 0 heterocycles. The van der Waals surface area contributed by atoms with E-state index >= 15 is 0 Å². The van der Waals surface area contributed by atoms with Crippen LogP contribution in [0.1, 0.15) is 125 Å². The second kappa shape index (κ2) is 18.4. The van der Waals surface area contributed by atoms with Gasteiger partial charge in [0.2, 0.25) is 0 Å². The molecule has 0 rings (SSSR count). The number of unbranched alkanes of at least 4 members (excludes halogenated alkanes) is 8. The van der Waals surface area contributed by atoms with Crippen LogP contribution in [0, 0.1) is 0 Å². The Labute approximate surface area is 174 Å². The van der Waals surface area contributed by atoms with Crippen LogP contribution in [0.2, 0.25) is 0 Å². The van der Waals surface area contributed by atoms with Crippen molar-refractivity contribution >= 4 is 5.97 Å². The molecule has 0 aliphatic heterocycles. The van der Waals surface area contributed by atoms with Crippen molar-refractivity contribution in [1.29, 1.82) is 0 Å². The molecule has 0 aromatic carbocycles. The lowest BCUT2D eigenvalue weighted by Crippen LogP contribution is -2.24. The zero-order valence-electron chi connectivity index (χ0n) is 19.4. The van der Waals surface area contributed by atoms with Crippen molar-refractivity contribution in [2.45, 2.75) is 149 Å². The third kappa shape index (κ3) is 18.7. The zero-order chi connectivity index (χ0) is 21.2. The van der Waals surface area contributed by atoms with Gasteiger partial charge in [0.15, 0.2) is 0 Å². The first kappa shape index (κ1) is 27.4. The van der Waals surface area contributed by atoms with E-state index in [0.29, 0.717) is 6.42 Å². The molecule has 0 saturated heterocycles. The summed E-state index contributed by atoms with van der Waals surface area (Å²) in [6.07, 6.45) is 16.4. The Morgan fingerprint density at radius 3 is 1.54 bits per heavy atom. The second-order valence-electron chi connectivity index (χ2n) is 8.74. The molecule has 0 aliphatic rings. The van der Waals surface area contributed by atoms with Crippen molar-refractivity contribution in [3.63, 3.8) is 0 Å². The highest BCUT2D eigenvalue weighted by molar-refractivity contribution is 5.66. The van der Waals surface area contributed by atoms with Gasteiger partial charge in [0.1, 0.15) is 0 Å². The lowest BCUT2D eigenvalue weighted by molar-refractivity contribution is -0.138. The van der Waals surface area contributed by atoms with E-state index in [2.05, 4.69) is 20.8 Å². The first-order valence-electron chi connectivity index (χ1n) is 11.9. The van der Waals surface area contributed by atoms with Gasteiger partial charge in [-0.2, -0.15) is 0 Å². The largest absolute Gasteiger partial charge is 0.481 e. The number of ether oxygens (including phenoxy) is 2. The SMILES string of the molecule is CCCCCCCCCCCC(CCC(CCC(=O)O)OC(C)C)OC(C)C. The van der Waals surface area contributed by atoms with Gasteiger partial charge >= 0.3 is 5.97 Å². The Kier molecular flexibility index (Phi) is 18.0. The topological polar surface area (TPSA) is 55.8 Å². The smallest absolute Gasteiger partial charge is 0.303 e. The zero-order valence-corrected chi connectivity index (χ0v) is 19.4. The van der Waals surface area contributed by atoms with E-state index in [1.165, 1.54) is 57.8 Å². The van der Waals surface area contributed by atoms with Crippen LogP contribution in [0.3, 0.4) is 0 Å². The van der Waals surface area contributed by atoms with Gasteiger partial charge in [-0.05, 0) is 53.4 Å². The summed E-state index contributed by atoms with van der Waals surface area (Å²) >= 11 is 0. The van der Waals surface area contributed by atoms with Gasteiger partial charge < -0.3 is 14.6 Å². The van der Waals surface area contributed by atoms with Crippen LogP contribution >= 0.6 is 0 Å². The average molecular weight is 401 g/mol. The standard InChI is InChI=1S/C24H48O4/c1-6-7-8-9-10-11-12-13-14-15-22(27-20(2)3)16-17-23(28-21(4)5)18-19-24(25)26/h20-23H,6-19H2,1-5H3,(H,25,26). The summed E-state index contributed by atoms with van der Waals surface area (Å²) in [6.45, 7) is 10.5. The van der Waals surface area contributed by atoms with E-state index in [1.807, 2.05) is 13.8 Å². The van der Waals surface area contributed by atoms with Gasteiger partial charge in [0.05, 0.1) is 24.4 Å². The Morgan fingerprint density at radius 1 is 0.679 bits per heavy atom. The molecule has 0 aliphatic carbocycles. The van der Waals surface area contributed by atoms with E-state index in [4.69, 9.17) is 14.6 Å². The minimum Gasteiger partial charge on any atom is -0.481 e. The van der Waals surface area contributed by atoms with E-state index in [1.54, 1.807) is 0 Å². The van der Waals surface area contributed by atoms with Crippen molar-refractivity contribution in [2.24, 2.45) is 0 Å². The molecule has 0 radical (unpaired) electrons. The Balaban J connectivity index is 4.13. The van der Waals surface area contributed by atoms with Crippen molar-refractivity contribution in [3.05, 3.63) is 0 Å². The Morgan fingerprint density at radius 2 is 1.11 bits per heavy atom. The predicted molar refractivity (Wildman–Crippen MR) is 118 cm³/mol. The molecule has 0 fully saturated rings. The van der Waals surface area contributed by atoms with Crippen molar-refractivity contribution in [3.8, 4) is 0 Å². The van der Waals surface area contributed by atoms with Crippen LogP contribution in [0.15, 0.2) is 0 Å². The molecule has 4 nitrogen and oxygen atoms in total. The number of hydrogen-bond acceptors (Lipinski definition) is 3. The highest BCUT2D eigenvalue weighted by Crippen LogP contribution is 2.20. The van der Waals surface area contributed by atoms with Gasteiger partial charge in [-0.1, -0.05) is 64.7 Å². The second-order valence-corrected chi connectivity index (χ2v) is 8.74. The highest BCUT2D eigenvalue weighted by atomic mass is 16.5. The number of carboxylic acids is 1. The van der Waals surface area contributed by atoms with Gasteiger partial charge in [-0.15, -0.1) is 0 Å². The minimum absolute atomic E-state index is 0.0116. The van der Waals surface area contributed by atoms with Crippen molar-refractivity contribution in [2.75, 3.05) is 0 Å². The van der Waals surface area contributed by atoms with E-state index in [-0.39, 0.29) is 30.8 Å². The molecule has 4 heteroatoms. The predicted octanol–water partition coefficient (Wildman–Crippen LogP) is 7.14. The maximum Gasteiger partial charge on any atom is 0.303 e. The summed E-state index contributed by atoms with van der Waals surface area (Å²) in [5.41, 5.74) is 0. The van der Waals surface area contributed by atoms with Crippen LogP contribution in [-0.4, -0.2) is 35.5 Å². The van der Waals surface area contributed by atoms with Crippen LogP contribution < -0.4 is 0 Å². The minimum atomic E-state index is -0.748. The number of hydrogen-bond donors (Lipinski definition) is 1. The lowest BCUT2D eigenvalue weighted by atomic mass is 10.0. The van der Waals surface area contributed by atoms with Gasteiger partial charge in [0.25, 0.3) is 0 Å². The molecule has 1 N–H and O–H groups in total. The van der Waals surface area contributed by atoms with Crippen molar-refractivity contribution in [1.82, 2.24) is 0 Å². The highest BCUT2D eigenvalue weighted by Gasteiger charge is 2.18. The molecule has 0 bridgehead atoms. The molecule has 28 heavy (non-hydrogen) atoms. The van der Waals surface area contributed by atoms with Crippen LogP contribution in [0.5, 0.6) is 0 Å². The first-order valence-corrected chi connectivity index (χ1v) is 11.9. The van der Waals surface area contributed by atoms with E-state index in [9.17, 15) is 4.79 Å². The third-order valence-electron chi connectivity index (χ3n) is 5.05. The number of rotatable bonds is 20. The molecule has 0 amide bonds. The maximum absolute atomic E-state index is 10.9. The molecular weight excluding hydrogens is 352 g/mol. The molecule has 2 unspecified atom stereocenters. The molecule has 0 aromatic heterocycles. The fourth-order valence-electron chi connectivity index (χ4n) is 3.67. The fraction of sp³-hybridized carbons (Fsp3) is 0.958. The first-order chi connectivity index (χ1) is 13.3. The quantitative estimate of drug-likeness (QED) is 0.221. The van der Waals surface area contributed by atoms with Crippen molar-refractivity contribution < 1.29 is 19.4 Å².